The van der Waals surface area contributed by atoms with Crippen LogP contribution in [0, 0.1) is 0 Å². The van der Waals surface area contributed by atoms with Crippen molar-refractivity contribution < 1.29 is 17.6 Å². The fraction of sp³-hybridized carbons (Fsp3) is 0.286. The highest BCUT2D eigenvalue weighted by molar-refractivity contribution is 7.92. The first kappa shape index (κ1) is 22.2. The van der Waals surface area contributed by atoms with Gasteiger partial charge in [0.25, 0.3) is 5.89 Å². The van der Waals surface area contributed by atoms with E-state index in [1.54, 1.807) is 17.0 Å². The highest BCUT2D eigenvalue weighted by Crippen LogP contribution is 2.21. The lowest BCUT2D eigenvalue weighted by Crippen LogP contribution is -2.50. The van der Waals surface area contributed by atoms with Gasteiger partial charge in [-0.2, -0.15) is 8.99 Å². The molecule has 0 bridgehead atoms. The molecule has 1 aliphatic heterocycles. The number of amides is 1. The monoisotopic (exact) mass is 474 g/mol. The molecule has 2 aromatic heterocycles. The van der Waals surface area contributed by atoms with Crippen molar-refractivity contribution in [3.63, 3.8) is 0 Å². The van der Waals surface area contributed by atoms with E-state index in [4.69, 9.17) is 4.42 Å². The largest absolute Gasteiger partial charge is 0.437 e. The van der Waals surface area contributed by atoms with Crippen LogP contribution in [0.1, 0.15) is 12.0 Å². The van der Waals surface area contributed by atoms with Crippen molar-refractivity contribution in [3.8, 4) is 10.8 Å². The van der Waals surface area contributed by atoms with E-state index in [-0.39, 0.29) is 37.9 Å². The molecule has 32 heavy (non-hydrogen) atoms. The number of carbonyl (C=O) groups is 1. The lowest BCUT2D eigenvalue weighted by atomic mass is 10.2. The summed E-state index contributed by atoms with van der Waals surface area (Å²) in [7, 11) is -3.56. The van der Waals surface area contributed by atoms with E-state index in [2.05, 4.69) is 5.10 Å². The molecule has 0 spiro atoms. The summed E-state index contributed by atoms with van der Waals surface area (Å²) in [6.07, 6.45) is 1.64. The van der Waals surface area contributed by atoms with Crippen LogP contribution in [0.2, 0.25) is 0 Å². The van der Waals surface area contributed by atoms with Crippen LogP contribution in [0.3, 0.4) is 0 Å². The maximum atomic E-state index is 12.6. The van der Waals surface area contributed by atoms with Gasteiger partial charge >= 0.3 is 5.76 Å². The third-order valence-electron chi connectivity index (χ3n) is 5.06. The Morgan fingerprint density at radius 2 is 1.84 bits per heavy atom. The molecular formula is C21H22N4O5S2. The smallest absolute Gasteiger partial charge is 0.387 e. The molecule has 11 heteroatoms. The van der Waals surface area contributed by atoms with Crippen LogP contribution in [0.15, 0.2) is 62.5 Å². The zero-order chi connectivity index (χ0) is 22.6. The van der Waals surface area contributed by atoms with Gasteiger partial charge < -0.3 is 9.32 Å². The molecule has 0 saturated carbocycles. The van der Waals surface area contributed by atoms with E-state index in [1.807, 2.05) is 41.8 Å². The van der Waals surface area contributed by atoms with E-state index in [1.165, 1.54) is 21.1 Å². The van der Waals surface area contributed by atoms with Gasteiger partial charge in [-0.1, -0.05) is 36.4 Å². The lowest BCUT2D eigenvalue weighted by Gasteiger charge is -2.33. The number of piperazine rings is 1. The van der Waals surface area contributed by atoms with Crippen molar-refractivity contribution in [3.05, 3.63) is 69.4 Å². The Hall–Kier alpha value is -3.02. The van der Waals surface area contributed by atoms with E-state index in [0.29, 0.717) is 13.1 Å². The summed E-state index contributed by atoms with van der Waals surface area (Å²) in [6.45, 7) is 1.14. The van der Waals surface area contributed by atoms with Crippen LogP contribution in [0.5, 0.6) is 0 Å². The number of benzene rings is 1. The zero-order valence-electron chi connectivity index (χ0n) is 17.2. The number of carbonyl (C=O) groups excluding carboxylic acids is 1. The van der Waals surface area contributed by atoms with Crippen LogP contribution in [0.4, 0.5) is 0 Å². The van der Waals surface area contributed by atoms with Gasteiger partial charge in [0.1, 0.15) is 0 Å². The fourth-order valence-electron chi connectivity index (χ4n) is 3.31. The second-order valence-corrected chi connectivity index (χ2v) is 9.93. The number of nitrogens with zero attached hydrogens (tertiary/aromatic N) is 4. The minimum Gasteiger partial charge on any atom is -0.387 e. The summed E-state index contributed by atoms with van der Waals surface area (Å²) in [5.41, 5.74) is 0.801. The van der Waals surface area contributed by atoms with Crippen molar-refractivity contribution in [2.45, 2.75) is 13.0 Å². The second kappa shape index (κ2) is 9.63. The summed E-state index contributed by atoms with van der Waals surface area (Å²) in [5, 5.41) is 7.19. The average Bonchev–Trinajstić information content (AvgIpc) is 3.47. The number of sulfonamides is 1. The van der Waals surface area contributed by atoms with Gasteiger partial charge in [0, 0.05) is 38.0 Å². The first-order valence-electron chi connectivity index (χ1n) is 10.1. The standard InChI is InChI=1S/C21H22N4O5S2/c26-19(8-10-25-21(27)30-20(22-25)18-7-4-15-31-18)23-11-13-24(14-12-23)32(28,29)16-9-17-5-2-1-3-6-17/h1-7,9,15-16H,8,10-14H2. The Morgan fingerprint density at radius 3 is 2.53 bits per heavy atom. The Balaban J connectivity index is 1.29. The second-order valence-electron chi connectivity index (χ2n) is 7.16. The number of hydrogen-bond acceptors (Lipinski definition) is 7. The summed E-state index contributed by atoms with van der Waals surface area (Å²) >= 11 is 1.41. The van der Waals surface area contributed by atoms with Gasteiger partial charge in [-0.25, -0.2) is 13.2 Å². The summed E-state index contributed by atoms with van der Waals surface area (Å²) in [6, 6.07) is 12.8. The predicted molar refractivity (Wildman–Crippen MR) is 121 cm³/mol. The minimum atomic E-state index is -3.56. The van der Waals surface area contributed by atoms with Gasteiger partial charge in [0.05, 0.1) is 11.4 Å². The number of thiophene rings is 1. The molecule has 1 amide bonds. The van der Waals surface area contributed by atoms with Gasteiger partial charge in [0.15, 0.2) is 0 Å². The van der Waals surface area contributed by atoms with Crippen molar-refractivity contribution >= 4 is 33.3 Å². The lowest BCUT2D eigenvalue weighted by molar-refractivity contribution is -0.132. The van der Waals surface area contributed by atoms with Crippen molar-refractivity contribution in [1.82, 2.24) is 19.0 Å². The van der Waals surface area contributed by atoms with E-state index >= 15 is 0 Å². The number of hydrogen-bond donors (Lipinski definition) is 0. The molecular weight excluding hydrogens is 452 g/mol. The quantitative estimate of drug-likeness (QED) is 0.519. The van der Waals surface area contributed by atoms with Crippen LogP contribution in [0.25, 0.3) is 16.8 Å². The average molecular weight is 475 g/mol. The van der Waals surface area contributed by atoms with E-state index < -0.39 is 15.8 Å². The molecule has 9 nitrogen and oxygen atoms in total. The molecule has 3 heterocycles. The van der Waals surface area contributed by atoms with Crippen molar-refractivity contribution in [2.24, 2.45) is 0 Å². The molecule has 0 atom stereocenters. The number of aromatic nitrogens is 2. The SMILES string of the molecule is O=C(CCn1nc(-c2cccs2)oc1=O)N1CCN(S(=O)(=O)C=Cc2ccccc2)CC1. The van der Waals surface area contributed by atoms with Gasteiger partial charge in [-0.05, 0) is 23.1 Å². The molecule has 0 radical (unpaired) electrons. The van der Waals surface area contributed by atoms with E-state index in [9.17, 15) is 18.0 Å². The zero-order valence-corrected chi connectivity index (χ0v) is 18.8. The summed E-state index contributed by atoms with van der Waals surface area (Å²) in [5.74, 6) is -0.531. The Labute approximate surface area is 189 Å². The van der Waals surface area contributed by atoms with Crippen LogP contribution >= 0.6 is 11.3 Å². The van der Waals surface area contributed by atoms with Gasteiger partial charge in [-0.15, -0.1) is 16.4 Å². The molecule has 3 aromatic rings. The molecule has 1 aromatic carbocycles. The molecule has 0 unspecified atom stereocenters. The first-order chi connectivity index (χ1) is 15.4. The van der Waals surface area contributed by atoms with E-state index in [0.717, 1.165) is 15.1 Å². The molecule has 1 aliphatic rings. The molecule has 0 aliphatic carbocycles. The minimum absolute atomic E-state index is 0.0803. The third-order valence-corrected chi connectivity index (χ3v) is 7.48. The Kier molecular flexibility index (Phi) is 6.68. The van der Waals surface area contributed by atoms with Crippen LogP contribution < -0.4 is 5.76 Å². The molecule has 1 fully saturated rings. The van der Waals surface area contributed by atoms with Gasteiger partial charge in [0.2, 0.25) is 15.9 Å². The third kappa shape index (κ3) is 5.23. The molecule has 1 saturated heterocycles. The molecule has 4 rings (SSSR count). The van der Waals surface area contributed by atoms with Crippen LogP contribution in [-0.2, 0) is 21.4 Å². The normalized spacial score (nSPS) is 15.4. The van der Waals surface area contributed by atoms with Crippen molar-refractivity contribution in [2.75, 3.05) is 26.2 Å². The highest BCUT2D eigenvalue weighted by Gasteiger charge is 2.27. The summed E-state index contributed by atoms with van der Waals surface area (Å²) < 4.78 is 32.8. The Bertz CT molecular complexity index is 1240. The first-order valence-corrected chi connectivity index (χ1v) is 12.4. The summed E-state index contributed by atoms with van der Waals surface area (Å²) in [4.78, 5) is 26.9. The predicted octanol–water partition coefficient (Wildman–Crippen LogP) is 2.10. The molecule has 0 N–H and O–H groups in total. The van der Waals surface area contributed by atoms with Gasteiger partial charge in [-0.3, -0.25) is 4.79 Å². The topological polar surface area (TPSA) is 106 Å². The number of aryl methyl sites for hydroxylation is 1. The highest BCUT2D eigenvalue weighted by atomic mass is 32.2. The maximum Gasteiger partial charge on any atom is 0.437 e. The van der Waals surface area contributed by atoms with Crippen LogP contribution in [-0.4, -0.2) is 59.5 Å². The van der Waals surface area contributed by atoms with Crippen molar-refractivity contribution in [1.29, 1.82) is 0 Å². The molecule has 168 valence electrons. The Morgan fingerprint density at radius 1 is 1.09 bits per heavy atom. The maximum absolute atomic E-state index is 12.6. The number of rotatable bonds is 7. The fourth-order valence-corrected chi connectivity index (χ4v) is 5.13.